The molecule has 3 nitrogen and oxygen atoms in total. The summed E-state index contributed by atoms with van der Waals surface area (Å²) in [5.74, 6) is 0. The number of rotatable bonds is 8. The van der Waals surface area contributed by atoms with Gasteiger partial charge in [0.05, 0.1) is 6.61 Å². The first-order valence-corrected chi connectivity index (χ1v) is 6.44. The summed E-state index contributed by atoms with van der Waals surface area (Å²) in [7, 11) is 2.15. The van der Waals surface area contributed by atoms with Crippen LogP contribution >= 0.6 is 0 Å². The largest absolute Gasteiger partial charge is 0.394 e. The first kappa shape index (κ1) is 15.9. The summed E-state index contributed by atoms with van der Waals surface area (Å²) in [6, 6.07) is 1.02. The number of nitrogens with zero attached hydrogens (tertiary/aromatic N) is 1. The Morgan fingerprint density at radius 3 is 2.25 bits per heavy atom. The lowest BCUT2D eigenvalue weighted by Gasteiger charge is -2.36. The molecule has 2 atom stereocenters. The van der Waals surface area contributed by atoms with E-state index in [-0.39, 0.29) is 12.1 Å². The molecule has 98 valence electrons. The van der Waals surface area contributed by atoms with Crippen LogP contribution in [0, 0.1) is 0 Å². The van der Waals surface area contributed by atoms with Crippen molar-refractivity contribution < 1.29 is 5.11 Å². The van der Waals surface area contributed by atoms with Gasteiger partial charge >= 0.3 is 0 Å². The highest BCUT2D eigenvalue weighted by Crippen LogP contribution is 2.16. The third-order valence-electron chi connectivity index (χ3n) is 3.41. The third-order valence-corrected chi connectivity index (χ3v) is 3.41. The van der Waals surface area contributed by atoms with Gasteiger partial charge in [-0.2, -0.15) is 0 Å². The molecule has 0 aliphatic rings. The Labute approximate surface area is 101 Å². The molecule has 3 heteroatoms. The van der Waals surface area contributed by atoms with Crippen LogP contribution in [0.5, 0.6) is 0 Å². The van der Waals surface area contributed by atoms with E-state index in [0.717, 1.165) is 19.4 Å². The fourth-order valence-electron chi connectivity index (χ4n) is 1.92. The zero-order chi connectivity index (χ0) is 12.8. The quantitative estimate of drug-likeness (QED) is 0.668. The van der Waals surface area contributed by atoms with Crippen LogP contribution in [-0.2, 0) is 0 Å². The van der Waals surface area contributed by atoms with Crippen LogP contribution in [0.3, 0.4) is 0 Å². The monoisotopic (exact) mass is 230 g/mol. The lowest BCUT2D eigenvalue weighted by atomic mass is 9.93. The molecule has 0 rings (SSSR count). The van der Waals surface area contributed by atoms with Crippen LogP contribution in [0.1, 0.15) is 47.5 Å². The average Bonchev–Trinajstić information content (AvgIpc) is 2.25. The van der Waals surface area contributed by atoms with Gasteiger partial charge in [0.1, 0.15) is 0 Å². The molecular weight excluding hydrogens is 200 g/mol. The van der Waals surface area contributed by atoms with Crippen LogP contribution in [0.2, 0.25) is 0 Å². The highest BCUT2D eigenvalue weighted by molar-refractivity contribution is 4.87. The van der Waals surface area contributed by atoms with Crippen LogP contribution < -0.4 is 5.32 Å². The van der Waals surface area contributed by atoms with E-state index in [1.807, 2.05) is 0 Å². The van der Waals surface area contributed by atoms with E-state index in [1.54, 1.807) is 0 Å². The minimum atomic E-state index is -0.154. The Hall–Kier alpha value is -0.120. The number of hydrogen-bond donors (Lipinski definition) is 2. The summed E-state index contributed by atoms with van der Waals surface area (Å²) >= 11 is 0. The SMILES string of the molecule is CCCNC(C)(CO)CC(C)N(C)C(C)C. The van der Waals surface area contributed by atoms with Gasteiger partial charge in [0.2, 0.25) is 0 Å². The van der Waals surface area contributed by atoms with Crippen molar-refractivity contribution in [3.8, 4) is 0 Å². The standard InChI is InChI=1S/C13H30N2O/c1-7-8-14-13(5,10-16)9-12(4)15(6)11(2)3/h11-12,14,16H,7-10H2,1-6H3. The predicted molar refractivity (Wildman–Crippen MR) is 70.8 cm³/mol. The number of nitrogens with one attached hydrogen (secondary N) is 1. The van der Waals surface area contributed by atoms with Gasteiger partial charge in [0, 0.05) is 17.6 Å². The maximum absolute atomic E-state index is 9.50. The molecule has 0 spiro atoms. The molecule has 16 heavy (non-hydrogen) atoms. The molecule has 0 heterocycles. The van der Waals surface area contributed by atoms with Crippen molar-refractivity contribution >= 4 is 0 Å². The summed E-state index contributed by atoms with van der Waals surface area (Å²) in [6.45, 7) is 12.0. The van der Waals surface area contributed by atoms with Gasteiger partial charge in [-0.3, -0.25) is 0 Å². The Balaban J connectivity index is 4.29. The molecule has 0 bridgehead atoms. The van der Waals surface area contributed by atoms with Gasteiger partial charge in [-0.05, 0) is 54.1 Å². The van der Waals surface area contributed by atoms with E-state index in [2.05, 4.69) is 51.9 Å². The Bertz CT molecular complexity index is 185. The second-order valence-corrected chi connectivity index (χ2v) is 5.46. The first-order chi connectivity index (χ1) is 7.36. The molecule has 2 unspecified atom stereocenters. The first-order valence-electron chi connectivity index (χ1n) is 6.44. The molecule has 0 saturated heterocycles. The van der Waals surface area contributed by atoms with Crippen molar-refractivity contribution in [2.24, 2.45) is 0 Å². The van der Waals surface area contributed by atoms with Crippen LogP contribution in [-0.4, -0.2) is 47.8 Å². The minimum absolute atomic E-state index is 0.154. The molecule has 0 radical (unpaired) electrons. The highest BCUT2D eigenvalue weighted by atomic mass is 16.3. The molecule has 0 aromatic heterocycles. The third kappa shape index (κ3) is 5.28. The average molecular weight is 230 g/mol. The van der Waals surface area contributed by atoms with Crippen molar-refractivity contribution in [2.45, 2.75) is 65.1 Å². The van der Waals surface area contributed by atoms with E-state index in [0.29, 0.717) is 12.1 Å². The predicted octanol–water partition coefficient (Wildman–Crippen LogP) is 1.86. The maximum atomic E-state index is 9.50. The molecule has 0 aromatic rings. The Morgan fingerprint density at radius 1 is 1.31 bits per heavy atom. The van der Waals surface area contributed by atoms with Crippen LogP contribution in [0.25, 0.3) is 0 Å². The lowest BCUT2D eigenvalue weighted by molar-refractivity contribution is 0.114. The number of hydrogen-bond acceptors (Lipinski definition) is 3. The molecule has 0 amide bonds. The van der Waals surface area contributed by atoms with Crippen molar-refractivity contribution in [1.29, 1.82) is 0 Å². The smallest absolute Gasteiger partial charge is 0.0611 e. The van der Waals surface area contributed by atoms with Crippen molar-refractivity contribution in [3.05, 3.63) is 0 Å². The summed E-state index contributed by atoms with van der Waals surface area (Å²) < 4.78 is 0. The second-order valence-electron chi connectivity index (χ2n) is 5.46. The number of aliphatic hydroxyl groups excluding tert-OH is 1. The van der Waals surface area contributed by atoms with E-state index in [1.165, 1.54) is 0 Å². The normalized spacial score (nSPS) is 17.8. The Kier molecular flexibility index (Phi) is 7.20. The molecule has 0 aliphatic heterocycles. The van der Waals surface area contributed by atoms with E-state index < -0.39 is 0 Å². The van der Waals surface area contributed by atoms with Gasteiger partial charge in [0.25, 0.3) is 0 Å². The van der Waals surface area contributed by atoms with Crippen molar-refractivity contribution in [3.63, 3.8) is 0 Å². The summed E-state index contributed by atoms with van der Waals surface area (Å²) in [6.07, 6.45) is 2.07. The fourth-order valence-corrected chi connectivity index (χ4v) is 1.92. The maximum Gasteiger partial charge on any atom is 0.0611 e. The van der Waals surface area contributed by atoms with Crippen molar-refractivity contribution in [1.82, 2.24) is 10.2 Å². The van der Waals surface area contributed by atoms with E-state index in [9.17, 15) is 5.11 Å². The molecule has 0 aromatic carbocycles. The molecule has 2 N–H and O–H groups in total. The van der Waals surface area contributed by atoms with Crippen LogP contribution in [0.15, 0.2) is 0 Å². The van der Waals surface area contributed by atoms with Gasteiger partial charge in [0.15, 0.2) is 0 Å². The zero-order valence-electron chi connectivity index (χ0n) is 11.9. The molecule has 0 fully saturated rings. The lowest BCUT2D eigenvalue weighted by Crippen LogP contribution is -2.51. The van der Waals surface area contributed by atoms with Gasteiger partial charge < -0.3 is 15.3 Å². The van der Waals surface area contributed by atoms with Gasteiger partial charge in [-0.25, -0.2) is 0 Å². The van der Waals surface area contributed by atoms with Crippen molar-refractivity contribution in [2.75, 3.05) is 20.2 Å². The summed E-state index contributed by atoms with van der Waals surface area (Å²) in [5, 5.41) is 12.9. The Morgan fingerprint density at radius 2 is 1.88 bits per heavy atom. The molecular formula is C13H30N2O. The van der Waals surface area contributed by atoms with Gasteiger partial charge in [-0.1, -0.05) is 6.92 Å². The van der Waals surface area contributed by atoms with Crippen LogP contribution in [0.4, 0.5) is 0 Å². The molecule has 0 aliphatic carbocycles. The summed E-state index contributed by atoms with van der Waals surface area (Å²) in [4.78, 5) is 2.35. The minimum Gasteiger partial charge on any atom is -0.394 e. The van der Waals surface area contributed by atoms with E-state index in [4.69, 9.17) is 0 Å². The topological polar surface area (TPSA) is 35.5 Å². The highest BCUT2D eigenvalue weighted by Gasteiger charge is 2.27. The summed E-state index contributed by atoms with van der Waals surface area (Å²) in [5.41, 5.74) is -0.154. The number of aliphatic hydroxyl groups is 1. The van der Waals surface area contributed by atoms with Gasteiger partial charge in [-0.15, -0.1) is 0 Å². The zero-order valence-corrected chi connectivity index (χ0v) is 11.9. The van der Waals surface area contributed by atoms with E-state index >= 15 is 0 Å². The molecule has 0 saturated carbocycles. The fraction of sp³-hybridized carbons (Fsp3) is 1.00. The second kappa shape index (κ2) is 7.25.